The summed E-state index contributed by atoms with van der Waals surface area (Å²) in [5, 5.41) is 7.30. The van der Waals surface area contributed by atoms with Gasteiger partial charge in [-0.15, -0.1) is 0 Å². The van der Waals surface area contributed by atoms with Gasteiger partial charge in [0.15, 0.2) is 5.11 Å². The Balaban J connectivity index is 1.61. The number of hydrogen-bond acceptors (Lipinski definition) is 1. The molecule has 3 rings (SSSR count). The van der Waals surface area contributed by atoms with Crippen LogP contribution in [-0.2, 0) is 12.8 Å². The number of anilines is 1. The lowest BCUT2D eigenvalue weighted by atomic mass is 10.1. The summed E-state index contributed by atoms with van der Waals surface area (Å²) < 4.78 is 0. The smallest absolute Gasteiger partial charge is 0.171 e. The van der Waals surface area contributed by atoms with Gasteiger partial charge in [0.05, 0.1) is 6.04 Å². The van der Waals surface area contributed by atoms with Crippen molar-refractivity contribution in [1.82, 2.24) is 5.32 Å². The molecule has 0 spiro atoms. The highest BCUT2D eigenvalue weighted by Crippen LogP contribution is 2.25. The Labute approximate surface area is 131 Å². The number of hydrogen-bond donors (Lipinski definition) is 2. The molecule has 2 aromatic rings. The molecule has 0 aromatic heterocycles. The van der Waals surface area contributed by atoms with Crippen molar-refractivity contribution in [3.05, 3.63) is 65.2 Å². The van der Waals surface area contributed by atoms with E-state index in [2.05, 4.69) is 47.9 Å². The Bertz CT molecular complexity index is 637. The predicted molar refractivity (Wildman–Crippen MR) is 92.7 cm³/mol. The van der Waals surface area contributed by atoms with E-state index in [0.29, 0.717) is 5.11 Å². The maximum Gasteiger partial charge on any atom is 0.171 e. The van der Waals surface area contributed by atoms with Gasteiger partial charge in [0.1, 0.15) is 0 Å². The minimum Gasteiger partial charge on any atom is -0.356 e. The maximum absolute atomic E-state index is 5.42. The van der Waals surface area contributed by atoms with Crippen LogP contribution >= 0.6 is 12.2 Å². The van der Waals surface area contributed by atoms with Crippen molar-refractivity contribution in [1.29, 1.82) is 0 Å². The zero-order chi connectivity index (χ0) is 14.7. The molecule has 0 saturated carbocycles. The first-order valence-corrected chi connectivity index (χ1v) is 7.87. The van der Waals surface area contributed by atoms with Gasteiger partial charge in [-0.1, -0.05) is 36.4 Å². The average Bonchev–Trinajstić information content (AvgIpc) is 2.95. The second-order valence-corrected chi connectivity index (χ2v) is 5.98. The predicted octanol–water partition coefficient (Wildman–Crippen LogP) is 4.22. The van der Waals surface area contributed by atoms with Crippen molar-refractivity contribution in [3.8, 4) is 0 Å². The molecule has 2 aromatic carbocycles. The normalized spacial score (nSPS) is 14.3. The minimum absolute atomic E-state index is 0.195. The Morgan fingerprint density at radius 3 is 2.62 bits per heavy atom. The van der Waals surface area contributed by atoms with Gasteiger partial charge in [-0.25, -0.2) is 0 Å². The average molecular weight is 296 g/mol. The van der Waals surface area contributed by atoms with Gasteiger partial charge in [-0.05, 0) is 67.2 Å². The summed E-state index contributed by atoms with van der Waals surface area (Å²) in [6.07, 6.45) is 3.67. The molecule has 108 valence electrons. The van der Waals surface area contributed by atoms with E-state index in [9.17, 15) is 0 Å². The molecule has 0 aliphatic heterocycles. The highest BCUT2D eigenvalue weighted by atomic mass is 32.1. The lowest BCUT2D eigenvalue weighted by molar-refractivity contribution is 0.722. The third kappa shape index (κ3) is 3.42. The second-order valence-electron chi connectivity index (χ2n) is 5.57. The minimum atomic E-state index is 0.195. The molecule has 3 heteroatoms. The van der Waals surface area contributed by atoms with Crippen LogP contribution in [0.1, 0.15) is 36.1 Å². The Kier molecular flexibility index (Phi) is 4.20. The van der Waals surface area contributed by atoms with Gasteiger partial charge in [0.2, 0.25) is 0 Å². The van der Waals surface area contributed by atoms with Crippen molar-refractivity contribution < 1.29 is 0 Å². The first-order chi connectivity index (χ1) is 10.2. The first-order valence-electron chi connectivity index (χ1n) is 7.46. The molecule has 0 amide bonds. The summed E-state index contributed by atoms with van der Waals surface area (Å²) in [6.45, 7) is 2.12. The fraction of sp³-hybridized carbons (Fsp3) is 0.278. The highest BCUT2D eigenvalue weighted by Gasteiger charge is 2.11. The molecule has 21 heavy (non-hydrogen) atoms. The molecule has 2 nitrogen and oxygen atoms in total. The van der Waals surface area contributed by atoms with E-state index in [1.54, 1.807) is 0 Å². The molecule has 0 heterocycles. The van der Waals surface area contributed by atoms with Crippen molar-refractivity contribution >= 4 is 23.0 Å². The summed E-state index contributed by atoms with van der Waals surface area (Å²) in [5.41, 5.74) is 5.25. The SMILES string of the molecule is CC(NC(=S)Nc1ccc2c(c1)CCC2)c1ccccc1. The molecular formula is C18H20N2S. The van der Waals surface area contributed by atoms with E-state index < -0.39 is 0 Å². The van der Waals surface area contributed by atoms with Crippen LogP contribution in [-0.4, -0.2) is 5.11 Å². The van der Waals surface area contributed by atoms with Crippen molar-refractivity contribution in [2.24, 2.45) is 0 Å². The van der Waals surface area contributed by atoms with Gasteiger partial charge >= 0.3 is 0 Å². The quantitative estimate of drug-likeness (QED) is 0.829. The lowest BCUT2D eigenvalue weighted by Gasteiger charge is -2.17. The summed E-state index contributed by atoms with van der Waals surface area (Å²) in [7, 11) is 0. The lowest BCUT2D eigenvalue weighted by Crippen LogP contribution is -2.30. The van der Waals surface area contributed by atoms with Crippen molar-refractivity contribution in [2.45, 2.75) is 32.2 Å². The molecule has 1 aliphatic carbocycles. The van der Waals surface area contributed by atoms with E-state index in [1.165, 1.54) is 36.0 Å². The third-order valence-electron chi connectivity index (χ3n) is 4.00. The molecule has 0 bridgehead atoms. The van der Waals surface area contributed by atoms with Crippen LogP contribution < -0.4 is 10.6 Å². The molecule has 1 atom stereocenters. The topological polar surface area (TPSA) is 24.1 Å². The molecule has 2 N–H and O–H groups in total. The van der Waals surface area contributed by atoms with E-state index in [0.717, 1.165) is 5.69 Å². The van der Waals surface area contributed by atoms with Gasteiger partial charge in [0, 0.05) is 5.69 Å². The van der Waals surface area contributed by atoms with Crippen molar-refractivity contribution in [2.75, 3.05) is 5.32 Å². The van der Waals surface area contributed by atoms with Crippen LogP contribution in [0.4, 0.5) is 5.69 Å². The number of benzene rings is 2. The van der Waals surface area contributed by atoms with Gasteiger partial charge in [-0.3, -0.25) is 0 Å². The van der Waals surface area contributed by atoms with Crippen LogP contribution in [0.3, 0.4) is 0 Å². The van der Waals surface area contributed by atoms with E-state index in [4.69, 9.17) is 12.2 Å². The molecule has 0 saturated heterocycles. The summed E-state index contributed by atoms with van der Waals surface area (Å²) in [4.78, 5) is 0. The van der Waals surface area contributed by atoms with Crippen LogP contribution in [0, 0.1) is 0 Å². The number of nitrogens with one attached hydrogen (secondary N) is 2. The molecule has 1 unspecified atom stereocenters. The molecule has 0 fully saturated rings. The standard InChI is InChI=1S/C18H20N2S/c1-13(14-6-3-2-4-7-14)19-18(21)20-17-11-10-15-8-5-9-16(15)12-17/h2-4,6-7,10-13H,5,8-9H2,1H3,(H2,19,20,21). The van der Waals surface area contributed by atoms with E-state index >= 15 is 0 Å². The summed E-state index contributed by atoms with van der Waals surface area (Å²) >= 11 is 5.42. The van der Waals surface area contributed by atoms with Crippen LogP contribution in [0.15, 0.2) is 48.5 Å². The fourth-order valence-electron chi connectivity index (χ4n) is 2.84. The monoisotopic (exact) mass is 296 g/mol. The third-order valence-corrected chi connectivity index (χ3v) is 4.22. The zero-order valence-corrected chi connectivity index (χ0v) is 13.0. The number of thiocarbonyl (C=S) groups is 1. The molecule has 1 aliphatic rings. The summed E-state index contributed by atoms with van der Waals surface area (Å²) in [5.74, 6) is 0. The fourth-order valence-corrected chi connectivity index (χ4v) is 3.13. The summed E-state index contributed by atoms with van der Waals surface area (Å²) in [6, 6.07) is 17.1. The van der Waals surface area contributed by atoms with E-state index in [1.807, 2.05) is 18.2 Å². The van der Waals surface area contributed by atoms with Gasteiger partial charge < -0.3 is 10.6 Å². The Morgan fingerprint density at radius 1 is 1.05 bits per heavy atom. The van der Waals surface area contributed by atoms with Crippen molar-refractivity contribution in [3.63, 3.8) is 0 Å². The van der Waals surface area contributed by atoms with Crippen LogP contribution in [0.5, 0.6) is 0 Å². The zero-order valence-electron chi connectivity index (χ0n) is 12.2. The van der Waals surface area contributed by atoms with Gasteiger partial charge in [0.25, 0.3) is 0 Å². The second kappa shape index (κ2) is 6.27. The highest BCUT2D eigenvalue weighted by molar-refractivity contribution is 7.80. The molecular weight excluding hydrogens is 276 g/mol. The van der Waals surface area contributed by atoms with Crippen LogP contribution in [0.2, 0.25) is 0 Å². The van der Waals surface area contributed by atoms with Gasteiger partial charge in [-0.2, -0.15) is 0 Å². The number of fused-ring (bicyclic) bond motifs is 1. The number of rotatable bonds is 3. The number of aryl methyl sites for hydroxylation is 2. The first kappa shape index (κ1) is 14.1. The maximum atomic E-state index is 5.42. The Morgan fingerprint density at radius 2 is 1.81 bits per heavy atom. The molecule has 0 radical (unpaired) electrons. The largest absolute Gasteiger partial charge is 0.356 e. The van der Waals surface area contributed by atoms with Crippen LogP contribution in [0.25, 0.3) is 0 Å². The van der Waals surface area contributed by atoms with E-state index in [-0.39, 0.29) is 6.04 Å². The Hall–Kier alpha value is -1.87.